The molecule has 3 N–H and O–H groups in total. The first-order valence-corrected chi connectivity index (χ1v) is 5.31. The highest BCUT2D eigenvalue weighted by molar-refractivity contribution is 6.32. The lowest BCUT2D eigenvalue weighted by molar-refractivity contribution is -0.0497. The highest BCUT2D eigenvalue weighted by Crippen LogP contribution is 2.28. The third kappa shape index (κ3) is 4.72. The molecule has 100 valence electrons. The zero-order valence-electron chi connectivity index (χ0n) is 9.12. The molecule has 1 rings (SSSR count). The Bertz CT molecular complexity index is 418. The molecule has 2 amide bonds. The lowest BCUT2D eigenvalue weighted by atomic mass is 10.3. The summed E-state index contributed by atoms with van der Waals surface area (Å²) in [5.41, 5.74) is 0.317. The standard InChI is InChI=1S/C10H11ClF2N2O3/c11-7-5-6(15-10(17)14-3-4-16)1-2-8(7)18-9(12)13/h1-2,5,9,16H,3-4H2,(H2,14,15,17). The molecule has 1 aromatic carbocycles. The predicted octanol–water partition coefficient (Wildman–Crippen LogP) is 2.06. The Labute approximate surface area is 107 Å². The van der Waals surface area contributed by atoms with Crippen molar-refractivity contribution in [1.29, 1.82) is 0 Å². The minimum Gasteiger partial charge on any atom is -0.433 e. The first-order chi connectivity index (χ1) is 8.52. The molecule has 5 nitrogen and oxygen atoms in total. The molecule has 0 aliphatic carbocycles. The number of aliphatic hydroxyl groups is 1. The summed E-state index contributed by atoms with van der Waals surface area (Å²) in [6, 6.07) is 3.32. The fourth-order valence-electron chi connectivity index (χ4n) is 1.11. The Balaban J connectivity index is 2.63. The predicted molar refractivity (Wildman–Crippen MR) is 62.2 cm³/mol. The van der Waals surface area contributed by atoms with E-state index in [4.69, 9.17) is 16.7 Å². The van der Waals surface area contributed by atoms with Crippen molar-refractivity contribution < 1.29 is 23.4 Å². The quantitative estimate of drug-likeness (QED) is 0.773. The molecular weight excluding hydrogens is 270 g/mol. The Morgan fingerprint density at radius 2 is 2.22 bits per heavy atom. The zero-order valence-corrected chi connectivity index (χ0v) is 9.88. The van der Waals surface area contributed by atoms with E-state index in [1.54, 1.807) is 0 Å². The number of hydrogen-bond donors (Lipinski definition) is 3. The number of benzene rings is 1. The van der Waals surface area contributed by atoms with E-state index in [0.29, 0.717) is 5.69 Å². The van der Waals surface area contributed by atoms with Crippen molar-refractivity contribution >= 4 is 23.3 Å². The van der Waals surface area contributed by atoms with Crippen LogP contribution in [-0.2, 0) is 0 Å². The lowest BCUT2D eigenvalue weighted by Crippen LogP contribution is -2.30. The molecule has 0 bridgehead atoms. The number of urea groups is 1. The Morgan fingerprint density at radius 1 is 1.50 bits per heavy atom. The third-order valence-electron chi connectivity index (χ3n) is 1.80. The average Bonchev–Trinajstić information content (AvgIpc) is 2.29. The van der Waals surface area contributed by atoms with Gasteiger partial charge in [-0.15, -0.1) is 0 Å². The molecule has 1 aromatic rings. The number of anilines is 1. The monoisotopic (exact) mass is 280 g/mol. The molecule has 8 heteroatoms. The molecule has 0 aliphatic heterocycles. The maximum Gasteiger partial charge on any atom is 0.387 e. The van der Waals surface area contributed by atoms with Gasteiger partial charge < -0.3 is 20.5 Å². The van der Waals surface area contributed by atoms with Gasteiger partial charge in [0.15, 0.2) is 0 Å². The molecule has 0 aromatic heterocycles. The van der Waals surface area contributed by atoms with E-state index in [2.05, 4.69) is 15.4 Å². The van der Waals surface area contributed by atoms with Crippen LogP contribution in [0.25, 0.3) is 0 Å². The van der Waals surface area contributed by atoms with E-state index in [9.17, 15) is 13.6 Å². The van der Waals surface area contributed by atoms with E-state index in [1.807, 2.05) is 0 Å². The highest BCUT2D eigenvalue weighted by Gasteiger charge is 2.09. The number of ether oxygens (including phenoxy) is 1. The summed E-state index contributed by atoms with van der Waals surface area (Å²) in [6.45, 7) is -3.05. The topological polar surface area (TPSA) is 70.6 Å². The van der Waals surface area contributed by atoms with Crippen molar-refractivity contribution in [1.82, 2.24) is 5.32 Å². The van der Waals surface area contributed by atoms with E-state index in [0.717, 1.165) is 0 Å². The first kappa shape index (κ1) is 14.5. The number of alkyl halides is 2. The molecule has 0 aliphatic rings. The SMILES string of the molecule is O=C(NCCO)Nc1ccc(OC(F)F)c(Cl)c1. The van der Waals surface area contributed by atoms with Gasteiger partial charge >= 0.3 is 12.6 Å². The van der Waals surface area contributed by atoms with Crippen molar-refractivity contribution in [2.24, 2.45) is 0 Å². The van der Waals surface area contributed by atoms with E-state index < -0.39 is 12.6 Å². The van der Waals surface area contributed by atoms with Gasteiger partial charge in [-0.2, -0.15) is 8.78 Å². The summed E-state index contributed by atoms with van der Waals surface area (Å²) >= 11 is 5.69. The number of rotatable bonds is 5. The number of nitrogens with one attached hydrogen (secondary N) is 2. The number of aliphatic hydroxyl groups excluding tert-OH is 1. The Morgan fingerprint density at radius 3 is 2.78 bits per heavy atom. The fourth-order valence-corrected chi connectivity index (χ4v) is 1.34. The lowest BCUT2D eigenvalue weighted by Gasteiger charge is -2.10. The minimum absolute atomic E-state index is 0.0461. The number of amides is 2. The smallest absolute Gasteiger partial charge is 0.387 e. The van der Waals surface area contributed by atoms with Crippen LogP contribution in [0.1, 0.15) is 0 Å². The summed E-state index contributed by atoms with van der Waals surface area (Å²) in [5.74, 6) is -0.173. The van der Waals surface area contributed by atoms with Gasteiger partial charge in [-0.05, 0) is 18.2 Å². The summed E-state index contributed by atoms with van der Waals surface area (Å²) < 4.78 is 28.1. The van der Waals surface area contributed by atoms with Gasteiger partial charge in [-0.3, -0.25) is 0 Å². The van der Waals surface area contributed by atoms with Gasteiger partial charge in [-0.25, -0.2) is 4.79 Å². The summed E-state index contributed by atoms with van der Waals surface area (Å²) in [4.78, 5) is 11.2. The van der Waals surface area contributed by atoms with Gasteiger partial charge in [0.1, 0.15) is 5.75 Å². The molecule has 0 fully saturated rings. The van der Waals surface area contributed by atoms with Gasteiger partial charge in [0, 0.05) is 12.2 Å². The molecule has 0 atom stereocenters. The number of carbonyl (C=O) groups is 1. The van der Waals surface area contributed by atoms with Crippen molar-refractivity contribution in [3.8, 4) is 5.75 Å². The van der Waals surface area contributed by atoms with Gasteiger partial charge in [0.2, 0.25) is 0 Å². The maximum absolute atomic E-state index is 12.0. The van der Waals surface area contributed by atoms with Crippen LogP contribution in [-0.4, -0.2) is 30.9 Å². The number of halogens is 3. The van der Waals surface area contributed by atoms with Crippen molar-refractivity contribution in [3.63, 3.8) is 0 Å². The first-order valence-electron chi connectivity index (χ1n) is 4.93. The van der Waals surface area contributed by atoms with Crippen LogP contribution in [0, 0.1) is 0 Å². The van der Waals surface area contributed by atoms with Crippen molar-refractivity contribution in [3.05, 3.63) is 23.2 Å². The molecule has 0 heterocycles. The Hall–Kier alpha value is -1.60. The van der Waals surface area contributed by atoms with Crippen molar-refractivity contribution in [2.75, 3.05) is 18.5 Å². The fraction of sp³-hybridized carbons (Fsp3) is 0.300. The summed E-state index contributed by atoms with van der Waals surface area (Å²) in [6.07, 6.45) is 0. The summed E-state index contributed by atoms with van der Waals surface area (Å²) in [5, 5.41) is 13.2. The van der Waals surface area contributed by atoms with Gasteiger partial charge in [0.25, 0.3) is 0 Å². The molecule has 0 unspecified atom stereocenters. The van der Waals surface area contributed by atoms with E-state index >= 15 is 0 Å². The summed E-state index contributed by atoms with van der Waals surface area (Å²) in [7, 11) is 0. The largest absolute Gasteiger partial charge is 0.433 e. The molecule has 0 spiro atoms. The van der Waals surface area contributed by atoms with Gasteiger partial charge in [-0.1, -0.05) is 11.6 Å². The zero-order chi connectivity index (χ0) is 13.5. The van der Waals surface area contributed by atoms with Crippen LogP contribution in [0.2, 0.25) is 5.02 Å². The molecule has 0 saturated heterocycles. The van der Waals surface area contributed by atoms with E-state index in [1.165, 1.54) is 18.2 Å². The number of carbonyl (C=O) groups excluding carboxylic acids is 1. The Kier molecular flexibility index (Phi) is 5.60. The highest BCUT2D eigenvalue weighted by atomic mass is 35.5. The maximum atomic E-state index is 12.0. The average molecular weight is 281 g/mol. The van der Waals surface area contributed by atoms with Crippen LogP contribution >= 0.6 is 11.6 Å². The molecule has 0 saturated carbocycles. The second kappa shape index (κ2) is 6.97. The molecule has 18 heavy (non-hydrogen) atoms. The van der Waals surface area contributed by atoms with Crippen molar-refractivity contribution in [2.45, 2.75) is 6.61 Å². The number of hydrogen-bond acceptors (Lipinski definition) is 3. The van der Waals surface area contributed by atoms with Gasteiger partial charge in [0.05, 0.1) is 11.6 Å². The van der Waals surface area contributed by atoms with Crippen LogP contribution in [0.5, 0.6) is 5.75 Å². The third-order valence-corrected chi connectivity index (χ3v) is 2.10. The van der Waals surface area contributed by atoms with Crippen LogP contribution in [0.4, 0.5) is 19.3 Å². The second-order valence-electron chi connectivity index (χ2n) is 3.13. The van der Waals surface area contributed by atoms with Crippen LogP contribution in [0.15, 0.2) is 18.2 Å². The van der Waals surface area contributed by atoms with Crippen LogP contribution in [0.3, 0.4) is 0 Å². The molecular formula is C10H11ClF2N2O3. The van der Waals surface area contributed by atoms with E-state index in [-0.39, 0.29) is 23.9 Å². The van der Waals surface area contributed by atoms with Crippen LogP contribution < -0.4 is 15.4 Å². The minimum atomic E-state index is -2.96. The molecule has 0 radical (unpaired) electrons. The normalized spacial score (nSPS) is 10.3. The second-order valence-corrected chi connectivity index (χ2v) is 3.54.